The fourth-order valence-electron chi connectivity index (χ4n) is 12.3. The Balaban J connectivity index is 1.19. The molecule has 0 heterocycles. The van der Waals surface area contributed by atoms with Gasteiger partial charge in [0.1, 0.15) is 24.2 Å². The second kappa shape index (κ2) is 15.2. The maximum absolute atomic E-state index is 14.0. The molecule has 0 aromatic heterocycles. The first kappa shape index (κ1) is 39.5. The van der Waals surface area contributed by atoms with Crippen LogP contribution in [0.5, 0.6) is 5.75 Å². The van der Waals surface area contributed by atoms with Crippen molar-refractivity contribution in [2.75, 3.05) is 38.5 Å². The molecule has 10 nitrogen and oxygen atoms in total. The summed E-state index contributed by atoms with van der Waals surface area (Å²) in [5, 5.41) is 19.4. The number of carbonyl (C=O) groups excluding carboxylic acids is 3. The topological polar surface area (TPSA) is 166 Å². The lowest BCUT2D eigenvalue weighted by molar-refractivity contribution is -0.314. The summed E-state index contributed by atoms with van der Waals surface area (Å²) in [6.07, 6.45) is 6.46. The number of benzene rings is 1. The van der Waals surface area contributed by atoms with E-state index in [0.29, 0.717) is 62.6 Å². The maximum atomic E-state index is 14.0. The smallest absolute Gasteiger partial charge is 0.316 e. The number of Topliss-reactive ketones (excluding diaryl/α,β-unsaturated/α-hetero) is 1. The fraction of sp³-hybridized carbons (Fsp3) is 0.780. The molecule has 2 spiro atoms. The zero-order valence-corrected chi connectivity index (χ0v) is 33.0. The number of amides is 1. The molecular weight excluding hydrogens is 677 g/mol. The Bertz CT molecular complexity index is 1470. The van der Waals surface area contributed by atoms with Crippen LogP contribution >= 0.6 is 11.8 Å². The number of hydrogen-bond acceptors (Lipinski definition) is 10. The van der Waals surface area contributed by atoms with Crippen LogP contribution in [-0.2, 0) is 25.7 Å². The molecule has 0 aliphatic heterocycles. The summed E-state index contributed by atoms with van der Waals surface area (Å²) in [4.78, 5) is 39.5. The number of nitrogens with two attached hydrogens (primary N) is 2. The van der Waals surface area contributed by atoms with Gasteiger partial charge in [-0.25, -0.2) is 0 Å². The monoisotopic (exact) mass is 740 g/mol. The summed E-state index contributed by atoms with van der Waals surface area (Å²) >= 11 is 1.69. The van der Waals surface area contributed by atoms with Crippen LogP contribution in [0.4, 0.5) is 0 Å². The highest BCUT2D eigenvalue weighted by Gasteiger charge is 2.87. The van der Waals surface area contributed by atoms with E-state index in [4.69, 9.17) is 20.9 Å². The van der Waals surface area contributed by atoms with Crippen molar-refractivity contribution in [3.8, 4) is 5.75 Å². The first-order chi connectivity index (χ1) is 24.7. The lowest BCUT2D eigenvalue weighted by Crippen LogP contribution is -2.78. The van der Waals surface area contributed by atoms with Gasteiger partial charge in [0.05, 0.1) is 18.4 Å². The number of nitrogens with one attached hydrogen (secondary N) is 2. The molecule has 0 saturated heterocycles. The highest BCUT2D eigenvalue weighted by atomic mass is 32.2. The minimum atomic E-state index is -0.643. The van der Waals surface area contributed by atoms with Crippen LogP contribution in [0.15, 0.2) is 24.3 Å². The van der Waals surface area contributed by atoms with Crippen molar-refractivity contribution in [1.29, 1.82) is 0 Å². The summed E-state index contributed by atoms with van der Waals surface area (Å²) < 4.78 is 12.4. The van der Waals surface area contributed by atoms with Crippen molar-refractivity contribution >= 4 is 29.4 Å². The SMILES string of the molecule is C[C@@H]1C[C@@]23C[C@]4(CCC2=O)[C@@H](C)[C@H](O)[C@@](C)(CNCc2ccc(OCCN)cc2)C[C@@H](OC(=O)CSC2CCC(CNC(=O)CN)CC2)[C@@]1(C)[C@]34C. The zero-order chi connectivity index (χ0) is 37.5. The number of rotatable bonds is 14. The Morgan fingerprint density at radius 1 is 1.04 bits per heavy atom. The number of ether oxygens (including phenoxy) is 2. The molecule has 9 atom stereocenters. The van der Waals surface area contributed by atoms with Gasteiger partial charge >= 0.3 is 5.97 Å². The zero-order valence-electron chi connectivity index (χ0n) is 32.1. The summed E-state index contributed by atoms with van der Waals surface area (Å²) in [5.41, 5.74) is 10.1. The molecule has 0 radical (unpaired) electrons. The summed E-state index contributed by atoms with van der Waals surface area (Å²) in [7, 11) is 0. The Morgan fingerprint density at radius 3 is 2.42 bits per heavy atom. The molecule has 6 rings (SSSR count). The van der Waals surface area contributed by atoms with Crippen LogP contribution in [0.25, 0.3) is 0 Å². The van der Waals surface area contributed by atoms with Gasteiger partial charge in [-0.2, -0.15) is 0 Å². The predicted molar refractivity (Wildman–Crippen MR) is 204 cm³/mol. The van der Waals surface area contributed by atoms with Crippen LogP contribution in [-0.4, -0.2) is 78.8 Å². The van der Waals surface area contributed by atoms with E-state index in [9.17, 15) is 19.5 Å². The van der Waals surface area contributed by atoms with E-state index in [1.54, 1.807) is 11.8 Å². The van der Waals surface area contributed by atoms with E-state index in [1.165, 1.54) is 0 Å². The van der Waals surface area contributed by atoms with Gasteiger partial charge in [0.2, 0.25) is 5.91 Å². The quantitative estimate of drug-likeness (QED) is 0.170. The van der Waals surface area contributed by atoms with Gasteiger partial charge in [-0.15, -0.1) is 11.8 Å². The lowest BCUT2D eigenvalue weighted by Gasteiger charge is -2.78. The van der Waals surface area contributed by atoms with Crippen LogP contribution in [0.1, 0.15) is 98.0 Å². The number of hydrogen-bond donors (Lipinski definition) is 5. The van der Waals surface area contributed by atoms with Crippen molar-refractivity contribution in [1.82, 2.24) is 10.6 Å². The molecule has 11 heteroatoms. The summed E-state index contributed by atoms with van der Waals surface area (Å²) in [6.45, 7) is 14.1. The standard InChI is InChI=1S/C41H64N4O6S/c1-26-18-41-24-40(15-14-32(41)46)27(2)36(49)37(3,25-44-21-28-6-10-30(11-7-28)50-17-16-42)19-33(38(26,4)39(40,41)5)51-35(48)23-52-31-12-8-29(9-13-31)22-45-34(47)20-43/h6-7,10-11,26-27,29,31,33,36,44,49H,8-9,12-25,42-43H2,1-5H3,(H,45,47)/t26-,27+,29?,31?,33-,36+,37-,38+,39+,40-,41-/m1/s1. The lowest BCUT2D eigenvalue weighted by atomic mass is 9.25. The average Bonchev–Trinajstić information content (AvgIpc) is 3.28. The molecule has 5 saturated carbocycles. The summed E-state index contributed by atoms with van der Waals surface area (Å²) in [6, 6.07) is 8.01. The molecule has 5 aliphatic carbocycles. The Hall–Kier alpha value is -2.18. The van der Waals surface area contributed by atoms with E-state index in [2.05, 4.69) is 45.3 Å². The van der Waals surface area contributed by atoms with E-state index < -0.39 is 28.5 Å². The Labute approximate surface area is 315 Å². The van der Waals surface area contributed by atoms with Crippen molar-refractivity contribution < 1.29 is 29.0 Å². The minimum absolute atomic E-state index is 0.0120. The third kappa shape index (κ3) is 6.42. The molecular formula is C41H64N4O6S. The third-order valence-electron chi connectivity index (χ3n) is 15.5. The van der Waals surface area contributed by atoms with Gasteiger partial charge in [0.15, 0.2) is 0 Å². The normalized spacial score (nSPS) is 40.9. The van der Waals surface area contributed by atoms with Crippen molar-refractivity contribution in [3.63, 3.8) is 0 Å². The average molecular weight is 741 g/mol. The van der Waals surface area contributed by atoms with Crippen molar-refractivity contribution in [3.05, 3.63) is 29.8 Å². The number of thioether (sulfide) groups is 1. The molecule has 1 aromatic carbocycles. The molecule has 5 fully saturated rings. The van der Waals surface area contributed by atoms with E-state index in [0.717, 1.165) is 56.3 Å². The van der Waals surface area contributed by atoms with E-state index in [-0.39, 0.29) is 46.8 Å². The number of carbonyl (C=O) groups is 3. The van der Waals surface area contributed by atoms with Crippen LogP contribution in [0.3, 0.4) is 0 Å². The van der Waals surface area contributed by atoms with Gasteiger partial charge in [-0.05, 0) is 97.6 Å². The number of ketones is 1. The highest BCUT2D eigenvalue weighted by molar-refractivity contribution is 8.00. The van der Waals surface area contributed by atoms with Gasteiger partial charge in [-0.3, -0.25) is 14.4 Å². The fourth-order valence-corrected chi connectivity index (χ4v) is 13.3. The number of aliphatic hydroxyl groups excluding tert-OH is 1. The van der Waals surface area contributed by atoms with Gasteiger partial charge in [0.25, 0.3) is 0 Å². The van der Waals surface area contributed by atoms with Gasteiger partial charge in [-0.1, -0.05) is 46.8 Å². The molecule has 5 aliphatic rings. The Morgan fingerprint density at radius 2 is 1.75 bits per heavy atom. The first-order valence-electron chi connectivity index (χ1n) is 19.8. The molecule has 0 unspecified atom stereocenters. The van der Waals surface area contributed by atoms with Crippen LogP contribution < -0.4 is 26.8 Å². The van der Waals surface area contributed by atoms with Crippen molar-refractivity contribution in [2.45, 2.75) is 116 Å². The predicted octanol–water partition coefficient (Wildman–Crippen LogP) is 4.59. The van der Waals surface area contributed by atoms with Crippen LogP contribution in [0.2, 0.25) is 0 Å². The molecule has 7 N–H and O–H groups in total. The summed E-state index contributed by atoms with van der Waals surface area (Å²) in [5.74, 6) is 1.73. The van der Waals surface area contributed by atoms with Crippen molar-refractivity contribution in [2.24, 2.45) is 56.3 Å². The van der Waals surface area contributed by atoms with E-state index >= 15 is 0 Å². The van der Waals surface area contributed by atoms with E-state index in [1.807, 2.05) is 24.3 Å². The Kier molecular flexibility index (Phi) is 11.5. The maximum Gasteiger partial charge on any atom is 0.316 e. The molecule has 1 aromatic rings. The van der Waals surface area contributed by atoms with Crippen LogP contribution in [0, 0.1) is 44.8 Å². The molecule has 1 amide bonds. The molecule has 52 heavy (non-hydrogen) atoms. The first-order valence-corrected chi connectivity index (χ1v) is 20.9. The second-order valence-corrected chi connectivity index (χ2v) is 19.1. The largest absolute Gasteiger partial charge is 0.492 e. The minimum Gasteiger partial charge on any atom is -0.492 e. The molecule has 2 bridgehead atoms. The van der Waals surface area contributed by atoms with Gasteiger partial charge in [0, 0.05) is 54.1 Å². The third-order valence-corrected chi connectivity index (χ3v) is 16.8. The second-order valence-electron chi connectivity index (χ2n) is 17.8. The number of esters is 1. The number of aliphatic hydroxyl groups is 1. The highest BCUT2D eigenvalue weighted by Crippen LogP contribution is 2.89. The molecule has 290 valence electrons. The van der Waals surface area contributed by atoms with Gasteiger partial charge < -0.3 is 36.7 Å².